The molecule has 0 saturated carbocycles. The summed E-state index contributed by atoms with van der Waals surface area (Å²) in [6.07, 6.45) is 1.14. The lowest BCUT2D eigenvalue weighted by atomic mass is 10.1. The Morgan fingerprint density at radius 3 is 2.70 bits per heavy atom. The summed E-state index contributed by atoms with van der Waals surface area (Å²) in [5.41, 5.74) is 1.33. The van der Waals surface area contributed by atoms with Crippen LogP contribution in [0.25, 0.3) is 11.3 Å². The highest BCUT2D eigenvalue weighted by atomic mass is 35.5. The van der Waals surface area contributed by atoms with E-state index in [4.69, 9.17) is 21.1 Å². The fourth-order valence-corrected chi connectivity index (χ4v) is 4.37. The number of fused-ring (bicyclic) bond motifs is 1. The maximum absolute atomic E-state index is 14.3. The molecule has 3 aromatic rings. The Morgan fingerprint density at radius 1 is 1.16 bits per heavy atom. The van der Waals surface area contributed by atoms with Crippen LogP contribution in [-0.2, 0) is 9.53 Å². The van der Waals surface area contributed by atoms with E-state index in [2.05, 4.69) is 20.2 Å². The van der Waals surface area contributed by atoms with Gasteiger partial charge in [-0.3, -0.25) is 9.59 Å². The molecule has 2 aromatic carbocycles. The Kier molecular flexibility index (Phi) is 6.90. The van der Waals surface area contributed by atoms with E-state index in [-0.39, 0.29) is 28.7 Å². The zero-order valence-corrected chi connectivity index (χ0v) is 20.5. The first-order valence-corrected chi connectivity index (χ1v) is 11.9. The smallest absolute Gasteiger partial charge is 0.289 e. The van der Waals surface area contributed by atoms with Gasteiger partial charge in [0, 0.05) is 37.5 Å². The normalized spacial score (nSPS) is 17.6. The van der Waals surface area contributed by atoms with Crippen LogP contribution in [-0.4, -0.2) is 67.8 Å². The van der Waals surface area contributed by atoms with Crippen molar-refractivity contribution in [1.29, 1.82) is 0 Å². The average Bonchev–Trinajstić information content (AvgIpc) is 3.01. The number of carbonyl (C=O) groups excluding carboxylic acids is 2. The molecule has 1 atom stereocenters. The number of likely N-dealkylation sites (N-methyl/N-ethyl adjacent to an activating group) is 1. The average molecular weight is 530 g/mol. The number of aromatic nitrogens is 2. The molecule has 0 unspecified atom stereocenters. The van der Waals surface area contributed by atoms with Gasteiger partial charge in [-0.2, -0.15) is 0 Å². The molecule has 2 aliphatic rings. The van der Waals surface area contributed by atoms with Gasteiger partial charge in [-0.15, -0.1) is 0 Å². The van der Waals surface area contributed by atoms with Crippen LogP contribution in [0.5, 0.6) is 5.75 Å². The summed E-state index contributed by atoms with van der Waals surface area (Å²) in [5, 5.41) is 2.56. The molecule has 192 valence electrons. The van der Waals surface area contributed by atoms with E-state index in [1.807, 2.05) is 12.1 Å². The van der Waals surface area contributed by atoms with Gasteiger partial charge in [-0.05, 0) is 30.3 Å². The molecule has 37 heavy (non-hydrogen) atoms. The molecule has 3 heterocycles. The maximum atomic E-state index is 14.3. The van der Waals surface area contributed by atoms with Gasteiger partial charge < -0.3 is 24.6 Å². The zero-order chi connectivity index (χ0) is 26.1. The van der Waals surface area contributed by atoms with E-state index in [1.165, 1.54) is 11.0 Å². The molecule has 0 spiro atoms. The number of benzene rings is 2. The molecule has 0 bridgehead atoms. The van der Waals surface area contributed by atoms with E-state index in [1.54, 1.807) is 13.1 Å². The number of hydrogen-bond donors (Lipinski definition) is 1. The van der Waals surface area contributed by atoms with Crippen molar-refractivity contribution in [2.24, 2.45) is 0 Å². The largest absolute Gasteiger partial charge is 0.489 e. The Labute approximate surface area is 216 Å². The lowest BCUT2D eigenvalue weighted by Gasteiger charge is -2.30. The van der Waals surface area contributed by atoms with E-state index in [0.29, 0.717) is 30.7 Å². The highest BCUT2D eigenvalue weighted by Crippen LogP contribution is 2.35. The molecule has 1 saturated heterocycles. The van der Waals surface area contributed by atoms with Crippen molar-refractivity contribution in [2.45, 2.75) is 6.04 Å². The van der Waals surface area contributed by atoms with Crippen LogP contribution >= 0.6 is 11.6 Å². The lowest BCUT2D eigenvalue weighted by Crippen LogP contribution is -2.49. The SMILES string of the molecule is CN1C(=O)[C@@H](NC(=O)c2ncc(Cl)c(-c3ccc(F)cc3F)n2)COc2ccc(N3CCOCC3)cc21. The van der Waals surface area contributed by atoms with Crippen LogP contribution < -0.4 is 19.9 Å². The summed E-state index contributed by atoms with van der Waals surface area (Å²) in [6, 6.07) is 7.44. The second kappa shape index (κ2) is 10.3. The number of nitrogens with zero attached hydrogens (tertiary/aromatic N) is 4. The summed E-state index contributed by atoms with van der Waals surface area (Å²) in [7, 11) is 1.60. The van der Waals surface area contributed by atoms with Crippen LogP contribution in [0.3, 0.4) is 0 Å². The summed E-state index contributed by atoms with van der Waals surface area (Å²) in [5.74, 6) is -2.68. The number of nitrogens with one attached hydrogen (secondary N) is 1. The van der Waals surface area contributed by atoms with Crippen LogP contribution in [0, 0.1) is 11.6 Å². The number of halogens is 3. The van der Waals surface area contributed by atoms with Crippen molar-refractivity contribution >= 4 is 34.8 Å². The van der Waals surface area contributed by atoms with E-state index in [9.17, 15) is 18.4 Å². The van der Waals surface area contributed by atoms with Crippen molar-refractivity contribution < 1.29 is 27.8 Å². The number of hydrogen-bond acceptors (Lipinski definition) is 7. The summed E-state index contributed by atoms with van der Waals surface area (Å²) in [4.78, 5) is 37.8. The minimum atomic E-state index is -1.04. The number of anilines is 2. The third-order valence-corrected chi connectivity index (χ3v) is 6.43. The molecular formula is C25H22ClF2N5O4. The van der Waals surface area contributed by atoms with Crippen molar-refractivity contribution in [3.63, 3.8) is 0 Å². The molecule has 0 aliphatic carbocycles. The van der Waals surface area contributed by atoms with Gasteiger partial charge in [0.05, 0.1) is 35.8 Å². The number of ether oxygens (including phenoxy) is 2. The molecular weight excluding hydrogens is 508 g/mol. The van der Waals surface area contributed by atoms with Gasteiger partial charge in [-0.25, -0.2) is 18.7 Å². The molecule has 2 aliphatic heterocycles. The van der Waals surface area contributed by atoms with Crippen molar-refractivity contribution in [3.8, 4) is 17.0 Å². The summed E-state index contributed by atoms with van der Waals surface area (Å²) >= 11 is 6.12. The molecule has 12 heteroatoms. The Balaban J connectivity index is 1.35. The van der Waals surface area contributed by atoms with Gasteiger partial charge in [0.25, 0.3) is 11.8 Å². The monoisotopic (exact) mass is 529 g/mol. The van der Waals surface area contributed by atoms with Gasteiger partial charge in [0.2, 0.25) is 5.82 Å². The number of morpholine rings is 1. The maximum Gasteiger partial charge on any atom is 0.289 e. The van der Waals surface area contributed by atoms with Gasteiger partial charge in [0.15, 0.2) is 0 Å². The Bertz CT molecular complexity index is 1370. The first-order valence-electron chi connectivity index (χ1n) is 11.5. The van der Waals surface area contributed by atoms with Crippen LogP contribution in [0.4, 0.5) is 20.2 Å². The first kappa shape index (κ1) is 24.8. The predicted molar refractivity (Wildman–Crippen MR) is 132 cm³/mol. The second-order valence-electron chi connectivity index (χ2n) is 8.50. The lowest BCUT2D eigenvalue weighted by molar-refractivity contribution is -0.120. The summed E-state index contributed by atoms with van der Waals surface area (Å²) < 4.78 is 38.9. The Morgan fingerprint density at radius 2 is 1.95 bits per heavy atom. The number of carbonyl (C=O) groups is 2. The van der Waals surface area contributed by atoms with E-state index >= 15 is 0 Å². The van der Waals surface area contributed by atoms with Crippen LogP contribution in [0.2, 0.25) is 5.02 Å². The molecule has 1 aromatic heterocycles. The fourth-order valence-electron chi connectivity index (χ4n) is 4.18. The number of rotatable bonds is 4. The molecule has 1 fully saturated rings. The van der Waals surface area contributed by atoms with Crippen LogP contribution in [0.1, 0.15) is 10.6 Å². The van der Waals surface area contributed by atoms with Gasteiger partial charge >= 0.3 is 0 Å². The highest BCUT2D eigenvalue weighted by molar-refractivity contribution is 6.33. The quantitative estimate of drug-likeness (QED) is 0.555. The Hall–Kier alpha value is -3.83. The standard InChI is InChI=1S/C25H22ClF2N5O4/c1-32-20-11-15(33-6-8-36-9-7-33)3-5-21(20)37-13-19(25(32)35)30-24(34)23-29-12-17(26)22(31-23)16-4-2-14(27)10-18(16)28/h2-5,10-12,19H,6-9,13H2,1H3,(H,30,34)/t19-/m0/s1. The fraction of sp³-hybridized carbons (Fsp3) is 0.280. The zero-order valence-electron chi connectivity index (χ0n) is 19.7. The van der Waals surface area contributed by atoms with Crippen molar-refractivity contribution in [1.82, 2.24) is 15.3 Å². The molecule has 1 N–H and O–H groups in total. The summed E-state index contributed by atoms with van der Waals surface area (Å²) in [6.45, 7) is 2.60. The van der Waals surface area contributed by atoms with Crippen molar-refractivity contribution in [2.75, 3.05) is 49.8 Å². The minimum Gasteiger partial charge on any atom is -0.489 e. The third-order valence-electron chi connectivity index (χ3n) is 6.15. The van der Waals surface area contributed by atoms with Crippen LogP contribution in [0.15, 0.2) is 42.6 Å². The predicted octanol–water partition coefficient (Wildman–Crippen LogP) is 3.07. The molecule has 5 rings (SSSR count). The molecule has 0 radical (unpaired) electrons. The van der Waals surface area contributed by atoms with E-state index < -0.39 is 29.5 Å². The second-order valence-corrected chi connectivity index (χ2v) is 8.91. The molecule has 9 nitrogen and oxygen atoms in total. The van der Waals surface area contributed by atoms with E-state index in [0.717, 1.165) is 31.0 Å². The number of amides is 2. The van der Waals surface area contributed by atoms with Gasteiger partial charge in [0.1, 0.15) is 30.0 Å². The first-order chi connectivity index (χ1) is 17.8. The molecule has 2 amide bonds. The van der Waals surface area contributed by atoms with Crippen molar-refractivity contribution in [3.05, 3.63) is 65.1 Å². The highest BCUT2D eigenvalue weighted by Gasteiger charge is 2.32. The topological polar surface area (TPSA) is 96.9 Å². The minimum absolute atomic E-state index is 0.0258. The third kappa shape index (κ3) is 5.05. The van der Waals surface area contributed by atoms with Gasteiger partial charge in [-0.1, -0.05) is 11.6 Å².